The van der Waals surface area contributed by atoms with E-state index in [2.05, 4.69) is 89.5 Å². The molecule has 7 aromatic carbocycles. The molecule has 0 radical (unpaired) electrons. The summed E-state index contributed by atoms with van der Waals surface area (Å²) in [6, 6.07) is 43.8. The average Bonchev–Trinajstić information content (AvgIpc) is 3.89. The first-order valence-electron chi connectivity index (χ1n) is 19.3. The van der Waals surface area contributed by atoms with Crippen molar-refractivity contribution in [2.45, 2.75) is 0 Å². The lowest BCUT2D eigenvalue weighted by Crippen LogP contribution is -2.01. The molecule has 11 rings (SSSR count). The van der Waals surface area contributed by atoms with Crippen molar-refractivity contribution in [2.24, 2.45) is 0 Å². The molecule has 5 heteroatoms. The first kappa shape index (κ1) is 23.7. The Morgan fingerprint density at radius 2 is 1.22 bits per heavy atom. The first-order valence-corrected chi connectivity index (χ1v) is 17.6. The van der Waals surface area contributed by atoms with Crippen molar-refractivity contribution >= 4 is 75.1 Å². The Morgan fingerprint density at radius 1 is 0.510 bits per heavy atom. The number of fused-ring (bicyclic) bond motifs is 9. The van der Waals surface area contributed by atoms with E-state index in [0.717, 1.165) is 66.0 Å². The van der Waals surface area contributed by atoms with Crippen LogP contribution in [0.4, 0.5) is 0 Å². The number of hydrogen-bond donors (Lipinski definition) is 0. The fourth-order valence-corrected chi connectivity index (χ4v) is 8.88. The van der Waals surface area contributed by atoms with E-state index in [1.807, 2.05) is 59.3 Å². The van der Waals surface area contributed by atoms with Crippen molar-refractivity contribution in [1.82, 2.24) is 19.1 Å². The van der Waals surface area contributed by atoms with Gasteiger partial charge in [-0.3, -0.25) is 4.57 Å². The Bertz CT molecular complexity index is 3410. The zero-order valence-electron chi connectivity index (χ0n) is 32.0. The van der Waals surface area contributed by atoms with Crippen molar-refractivity contribution in [1.29, 1.82) is 0 Å². The molecule has 11 aromatic rings. The van der Waals surface area contributed by atoms with Crippen LogP contribution in [0.15, 0.2) is 170 Å². The van der Waals surface area contributed by atoms with Crippen LogP contribution in [0.5, 0.6) is 0 Å². The summed E-state index contributed by atoms with van der Waals surface area (Å²) in [5.41, 5.74) is 7.39. The quantitative estimate of drug-likeness (QED) is 0.186. The molecule has 238 valence electrons. The van der Waals surface area contributed by atoms with Crippen LogP contribution in [0.1, 0.15) is 6.85 Å². The van der Waals surface area contributed by atoms with Crippen LogP contribution in [0.25, 0.3) is 97.8 Å². The summed E-state index contributed by atoms with van der Waals surface area (Å²) in [4.78, 5) is 10.2. The van der Waals surface area contributed by atoms with Gasteiger partial charge in [0, 0.05) is 59.2 Å². The van der Waals surface area contributed by atoms with Gasteiger partial charge in [0.05, 0.1) is 34.6 Å². The summed E-state index contributed by atoms with van der Waals surface area (Å²) in [5, 5.41) is 6.09. The molecule has 0 bridgehead atoms. The van der Waals surface area contributed by atoms with Gasteiger partial charge < -0.3 is 4.57 Å². The van der Waals surface area contributed by atoms with Gasteiger partial charge in [0.1, 0.15) is 0 Å². The Balaban J connectivity index is 1.23. The minimum Gasteiger partial charge on any atom is -0.309 e. The van der Waals surface area contributed by atoms with Crippen molar-refractivity contribution < 1.29 is 6.85 Å². The highest BCUT2D eigenvalue weighted by atomic mass is 32.1. The van der Waals surface area contributed by atoms with Gasteiger partial charge >= 0.3 is 0 Å². The van der Waals surface area contributed by atoms with E-state index in [1.165, 1.54) is 20.2 Å². The molecule has 0 unspecified atom stereocenters. The maximum Gasteiger partial charge on any atom is 0.235 e. The Morgan fingerprint density at radius 3 is 2.10 bits per heavy atom. The van der Waals surface area contributed by atoms with Gasteiger partial charge in [-0.1, -0.05) is 109 Å². The lowest BCUT2D eigenvalue weighted by Gasteiger charge is -2.10. The molecule has 51 heavy (non-hydrogen) atoms. The van der Waals surface area contributed by atoms with Crippen molar-refractivity contribution in [3.05, 3.63) is 170 Å². The largest absolute Gasteiger partial charge is 0.309 e. The standard InChI is InChI=1S/C46H28N4S/c1-3-12-29(13-4-1)30-22-23-41-36(26-30)38-28-42-37(32-16-7-9-20-40(32)49(42)31-14-5-2-6-15-31)27-43(38)50(41)46-47-25-24-39(48-46)35-19-11-18-34-33-17-8-10-21-44(33)51-45(34)35/h1-28H/i2D,5D,6D,14D,15D. The minimum atomic E-state index is -0.422. The highest BCUT2D eigenvalue weighted by Gasteiger charge is 2.21. The number of hydrogen-bond acceptors (Lipinski definition) is 3. The topological polar surface area (TPSA) is 35.6 Å². The molecule has 0 saturated carbocycles. The summed E-state index contributed by atoms with van der Waals surface area (Å²) in [5.74, 6) is 0.529. The average molecular weight is 674 g/mol. The predicted molar refractivity (Wildman–Crippen MR) is 214 cm³/mol. The normalized spacial score (nSPS) is 13.3. The summed E-state index contributed by atoms with van der Waals surface area (Å²) >= 11 is 1.77. The van der Waals surface area contributed by atoms with Crippen molar-refractivity contribution in [3.63, 3.8) is 0 Å². The molecule has 0 aliphatic carbocycles. The van der Waals surface area contributed by atoms with Crippen LogP contribution in [0, 0.1) is 0 Å². The molecule has 0 atom stereocenters. The lowest BCUT2D eigenvalue weighted by atomic mass is 10.0. The molecule has 4 nitrogen and oxygen atoms in total. The minimum absolute atomic E-state index is 0.113. The number of nitrogens with zero attached hydrogens (tertiary/aromatic N) is 4. The van der Waals surface area contributed by atoms with Gasteiger partial charge in [0.2, 0.25) is 5.95 Å². The second kappa shape index (κ2) is 11.0. The van der Waals surface area contributed by atoms with Gasteiger partial charge in [-0.2, -0.15) is 0 Å². The summed E-state index contributed by atoms with van der Waals surface area (Å²) < 4.78 is 49.5. The highest BCUT2D eigenvalue weighted by Crippen LogP contribution is 2.42. The van der Waals surface area contributed by atoms with Gasteiger partial charge in [0.25, 0.3) is 0 Å². The molecule has 0 N–H and O–H groups in total. The van der Waals surface area contributed by atoms with Gasteiger partial charge in [-0.05, 0) is 65.7 Å². The number of aromatic nitrogens is 4. The third-order valence-electron chi connectivity index (χ3n) is 9.90. The zero-order valence-corrected chi connectivity index (χ0v) is 27.8. The number of rotatable bonds is 4. The fraction of sp³-hybridized carbons (Fsp3) is 0. The SMILES string of the molecule is [2H]c1c([2H])c([2H])c(-n2c3ccccc3c3cc4c(cc32)c2cc(-c3ccccc3)ccc2n4-c2nccc(-c3cccc4c3sc3ccccc34)n2)c([2H])c1[2H]. The molecule has 0 aliphatic rings. The maximum absolute atomic E-state index is 8.96. The number of thiophene rings is 1. The van der Waals surface area contributed by atoms with Crippen LogP contribution < -0.4 is 0 Å². The van der Waals surface area contributed by atoms with Crippen LogP contribution in [0.2, 0.25) is 0 Å². The molecule has 0 saturated heterocycles. The van der Waals surface area contributed by atoms with Crippen molar-refractivity contribution in [2.75, 3.05) is 0 Å². The lowest BCUT2D eigenvalue weighted by molar-refractivity contribution is 0.993. The summed E-state index contributed by atoms with van der Waals surface area (Å²) in [6.45, 7) is 0. The van der Waals surface area contributed by atoms with E-state index in [0.29, 0.717) is 5.95 Å². The second-order valence-corrected chi connectivity index (χ2v) is 13.7. The molecule has 0 aliphatic heterocycles. The van der Waals surface area contributed by atoms with Crippen LogP contribution in [-0.4, -0.2) is 19.1 Å². The van der Waals surface area contributed by atoms with Crippen LogP contribution >= 0.6 is 11.3 Å². The zero-order chi connectivity index (χ0) is 37.8. The third kappa shape index (κ3) is 4.25. The van der Waals surface area contributed by atoms with E-state index >= 15 is 0 Å². The Hall–Kier alpha value is -6.56. The molecular formula is C46H28N4S. The van der Waals surface area contributed by atoms with Crippen LogP contribution in [0.3, 0.4) is 0 Å². The smallest absolute Gasteiger partial charge is 0.235 e. The monoisotopic (exact) mass is 673 g/mol. The molecule has 0 spiro atoms. The molecule has 4 heterocycles. The molecule has 0 amide bonds. The predicted octanol–water partition coefficient (Wildman–Crippen LogP) is 12.4. The number of para-hydroxylation sites is 2. The Kier molecular flexibility index (Phi) is 5.11. The molecular weight excluding hydrogens is 641 g/mol. The van der Waals surface area contributed by atoms with Gasteiger partial charge in [-0.15, -0.1) is 11.3 Å². The van der Waals surface area contributed by atoms with E-state index in [4.69, 9.17) is 16.8 Å². The summed E-state index contributed by atoms with van der Waals surface area (Å²) in [7, 11) is 0. The summed E-state index contributed by atoms with van der Waals surface area (Å²) in [6.07, 6.45) is 1.82. The number of benzene rings is 7. The maximum atomic E-state index is 8.96. The van der Waals surface area contributed by atoms with Gasteiger partial charge in [0.15, 0.2) is 0 Å². The van der Waals surface area contributed by atoms with E-state index in [1.54, 1.807) is 11.3 Å². The van der Waals surface area contributed by atoms with E-state index in [-0.39, 0.29) is 29.9 Å². The Labute approximate surface area is 304 Å². The second-order valence-electron chi connectivity index (χ2n) is 12.7. The molecule has 0 fully saturated rings. The highest BCUT2D eigenvalue weighted by molar-refractivity contribution is 7.26. The van der Waals surface area contributed by atoms with Gasteiger partial charge in [-0.25, -0.2) is 9.97 Å². The third-order valence-corrected chi connectivity index (χ3v) is 11.1. The van der Waals surface area contributed by atoms with E-state index < -0.39 is 6.04 Å². The van der Waals surface area contributed by atoms with Crippen molar-refractivity contribution in [3.8, 4) is 34.0 Å². The first-order chi connectivity index (χ1) is 27.4. The van der Waals surface area contributed by atoms with Crippen LogP contribution in [-0.2, 0) is 0 Å². The molecule has 4 aromatic heterocycles. The van der Waals surface area contributed by atoms with E-state index in [9.17, 15) is 0 Å². The fourth-order valence-electron chi connectivity index (χ4n) is 7.66.